The van der Waals surface area contributed by atoms with E-state index in [1.54, 1.807) is 12.1 Å². The molecule has 0 unspecified atom stereocenters. The van der Waals surface area contributed by atoms with Crippen LogP contribution in [-0.2, 0) is 18.1 Å². The Morgan fingerprint density at radius 1 is 0.884 bits per heavy atom. The van der Waals surface area contributed by atoms with Gasteiger partial charge in [0.15, 0.2) is 0 Å². The number of anilines is 2. The summed E-state index contributed by atoms with van der Waals surface area (Å²) in [6.45, 7) is 5.71. The third-order valence-electron chi connectivity index (χ3n) is 6.84. The summed E-state index contributed by atoms with van der Waals surface area (Å²) >= 11 is 3.42. The second kappa shape index (κ2) is 14.3. The average Bonchev–Trinajstić information content (AvgIpc) is 3.02. The molecular weight excluding hydrogens is 621 g/mol. The van der Waals surface area contributed by atoms with Crippen molar-refractivity contribution in [3.63, 3.8) is 0 Å². The number of halogens is 4. The van der Waals surface area contributed by atoms with E-state index in [4.69, 9.17) is 0 Å². The van der Waals surface area contributed by atoms with Crippen molar-refractivity contribution in [1.82, 2.24) is 10.3 Å². The Morgan fingerprint density at radius 3 is 2.35 bits per heavy atom. The molecule has 0 radical (unpaired) electrons. The van der Waals surface area contributed by atoms with Crippen LogP contribution in [0.1, 0.15) is 57.7 Å². The molecule has 1 aromatic heterocycles. The van der Waals surface area contributed by atoms with E-state index in [1.807, 2.05) is 36.4 Å². The lowest BCUT2D eigenvalue weighted by Gasteiger charge is -2.24. The van der Waals surface area contributed by atoms with Crippen LogP contribution in [0.4, 0.5) is 24.5 Å². The second-order valence-electron chi connectivity index (χ2n) is 9.91. The molecule has 0 aliphatic heterocycles. The quantitative estimate of drug-likeness (QED) is 0.161. The molecule has 0 aliphatic carbocycles. The first-order valence-electron chi connectivity index (χ1n) is 13.9. The van der Waals surface area contributed by atoms with Gasteiger partial charge in [-0.2, -0.15) is 13.2 Å². The molecule has 0 fully saturated rings. The Balaban J connectivity index is 1.64. The van der Waals surface area contributed by atoms with E-state index in [0.29, 0.717) is 33.4 Å². The zero-order valence-electron chi connectivity index (χ0n) is 23.8. The van der Waals surface area contributed by atoms with Crippen molar-refractivity contribution < 1.29 is 22.8 Å². The van der Waals surface area contributed by atoms with Crippen LogP contribution < -0.4 is 15.5 Å². The second-order valence-corrected chi connectivity index (χ2v) is 10.5. The number of benzene rings is 3. The molecular formula is C33H32BrF3N4O2. The molecule has 43 heavy (non-hydrogen) atoms. The first-order chi connectivity index (χ1) is 20.6. The number of nitrogens with one attached hydrogen (secondary N) is 2. The molecule has 2 amide bonds. The van der Waals surface area contributed by atoms with Crippen molar-refractivity contribution in [1.29, 1.82) is 0 Å². The maximum atomic E-state index is 13.2. The Labute approximate surface area is 257 Å². The largest absolute Gasteiger partial charge is 0.416 e. The number of hydrogen-bond acceptors (Lipinski definition) is 4. The number of carbonyl (C=O) groups is 2. The lowest BCUT2D eigenvalue weighted by Crippen LogP contribution is -2.24. The molecule has 0 saturated carbocycles. The lowest BCUT2D eigenvalue weighted by molar-refractivity contribution is -0.137. The zero-order chi connectivity index (χ0) is 31.0. The lowest BCUT2D eigenvalue weighted by atomic mass is 10.0. The molecule has 0 atom stereocenters. The normalized spacial score (nSPS) is 11.2. The fourth-order valence-corrected chi connectivity index (χ4v) is 4.99. The number of aromatic nitrogens is 1. The van der Waals surface area contributed by atoms with Gasteiger partial charge in [0, 0.05) is 53.5 Å². The summed E-state index contributed by atoms with van der Waals surface area (Å²) in [7, 11) is 0. The number of hydrogen-bond donors (Lipinski definition) is 2. The monoisotopic (exact) mass is 652 g/mol. The molecule has 6 nitrogen and oxygen atoms in total. The van der Waals surface area contributed by atoms with Crippen LogP contribution in [0.5, 0.6) is 0 Å². The standard InChI is InChI=1S/C33H32BrF3N4O2/c1-3-15-41(4-2)27-11-12-29(40-32(43)24-9-5-7-22(16-24)20-34)28(19-27)30-18-25(13-14-38-30)31(42)39-21-23-8-6-10-26(17-23)33(35,36)37/h5-14,16-19H,3-4,15,20-21H2,1-2H3,(H,39,42)(H,40,43). The van der Waals surface area contributed by atoms with Gasteiger partial charge in [0.25, 0.3) is 11.8 Å². The van der Waals surface area contributed by atoms with Crippen molar-refractivity contribution in [3.05, 3.63) is 113 Å². The van der Waals surface area contributed by atoms with Crippen molar-refractivity contribution in [3.8, 4) is 11.3 Å². The summed E-state index contributed by atoms with van der Waals surface area (Å²) in [5.74, 6) is -0.747. The number of rotatable bonds is 11. The fraction of sp³-hybridized carbons (Fsp3) is 0.242. The van der Waals surface area contributed by atoms with Crippen LogP contribution in [0.2, 0.25) is 0 Å². The van der Waals surface area contributed by atoms with E-state index in [2.05, 4.69) is 50.3 Å². The van der Waals surface area contributed by atoms with E-state index in [-0.39, 0.29) is 18.0 Å². The van der Waals surface area contributed by atoms with Crippen molar-refractivity contribution in [2.75, 3.05) is 23.3 Å². The van der Waals surface area contributed by atoms with Gasteiger partial charge in [0.2, 0.25) is 0 Å². The van der Waals surface area contributed by atoms with Gasteiger partial charge < -0.3 is 15.5 Å². The van der Waals surface area contributed by atoms with Gasteiger partial charge in [0.1, 0.15) is 0 Å². The molecule has 0 saturated heterocycles. The van der Waals surface area contributed by atoms with E-state index in [1.165, 1.54) is 24.4 Å². The Morgan fingerprint density at radius 2 is 1.63 bits per heavy atom. The smallest absolute Gasteiger partial charge is 0.372 e. The number of alkyl halides is 4. The minimum absolute atomic E-state index is 0.0762. The number of carbonyl (C=O) groups excluding carboxylic acids is 2. The zero-order valence-corrected chi connectivity index (χ0v) is 25.4. The summed E-state index contributed by atoms with van der Waals surface area (Å²) in [6, 6.07) is 21.0. The van der Waals surface area contributed by atoms with Crippen LogP contribution in [0.25, 0.3) is 11.3 Å². The molecule has 0 bridgehead atoms. The number of amides is 2. The Hall–Kier alpha value is -4.18. The maximum Gasteiger partial charge on any atom is 0.416 e. The summed E-state index contributed by atoms with van der Waals surface area (Å²) in [5.41, 5.74) is 3.87. The van der Waals surface area contributed by atoms with Gasteiger partial charge in [-0.3, -0.25) is 14.6 Å². The predicted molar refractivity (Wildman–Crippen MR) is 167 cm³/mol. The molecule has 0 aliphatic rings. The van der Waals surface area contributed by atoms with Crippen molar-refractivity contribution >= 4 is 39.1 Å². The molecule has 1 heterocycles. The first-order valence-corrected chi connectivity index (χ1v) is 15.0. The average molecular weight is 654 g/mol. The molecule has 4 rings (SSSR count). The number of pyridine rings is 1. The summed E-state index contributed by atoms with van der Waals surface area (Å²) in [4.78, 5) is 33.0. The van der Waals surface area contributed by atoms with Crippen molar-refractivity contribution in [2.24, 2.45) is 0 Å². The van der Waals surface area contributed by atoms with Gasteiger partial charge >= 0.3 is 6.18 Å². The summed E-state index contributed by atoms with van der Waals surface area (Å²) in [6.07, 6.45) is -2.02. The molecule has 10 heteroatoms. The highest BCUT2D eigenvalue weighted by Crippen LogP contribution is 2.33. The minimum atomic E-state index is -4.47. The summed E-state index contributed by atoms with van der Waals surface area (Å²) < 4.78 is 39.3. The maximum absolute atomic E-state index is 13.2. The first kappa shape index (κ1) is 31.7. The molecule has 0 spiro atoms. The van der Waals surface area contributed by atoms with Crippen molar-refractivity contribution in [2.45, 2.75) is 38.3 Å². The van der Waals surface area contributed by atoms with Gasteiger partial charge in [-0.1, -0.05) is 47.1 Å². The van der Waals surface area contributed by atoms with Crippen LogP contribution in [0.15, 0.2) is 85.1 Å². The highest BCUT2D eigenvalue weighted by molar-refractivity contribution is 9.08. The van der Waals surface area contributed by atoms with E-state index >= 15 is 0 Å². The van der Waals surface area contributed by atoms with Gasteiger partial charge in [-0.15, -0.1) is 0 Å². The van der Waals surface area contributed by atoms with E-state index < -0.39 is 17.6 Å². The highest BCUT2D eigenvalue weighted by atomic mass is 79.9. The molecule has 224 valence electrons. The van der Waals surface area contributed by atoms with Gasteiger partial charge in [0.05, 0.1) is 16.9 Å². The fourth-order valence-electron chi connectivity index (χ4n) is 4.64. The molecule has 3 aromatic carbocycles. The van der Waals surface area contributed by atoms with E-state index in [0.717, 1.165) is 42.9 Å². The minimum Gasteiger partial charge on any atom is -0.372 e. The highest BCUT2D eigenvalue weighted by Gasteiger charge is 2.30. The molecule has 4 aromatic rings. The Kier molecular flexibility index (Phi) is 10.6. The van der Waals surface area contributed by atoms with Gasteiger partial charge in [-0.05, 0) is 79.1 Å². The van der Waals surface area contributed by atoms with Crippen LogP contribution in [0, 0.1) is 0 Å². The van der Waals surface area contributed by atoms with Crippen LogP contribution in [0.3, 0.4) is 0 Å². The molecule has 2 N–H and O–H groups in total. The van der Waals surface area contributed by atoms with Crippen LogP contribution in [-0.4, -0.2) is 29.9 Å². The SMILES string of the molecule is CCCN(CC)c1ccc(NC(=O)c2cccc(CBr)c2)c(-c2cc(C(=O)NCc3cccc(C(F)(F)F)c3)ccn2)c1. The Bertz CT molecular complexity index is 1590. The third kappa shape index (κ3) is 8.22. The third-order valence-corrected chi connectivity index (χ3v) is 7.49. The van der Waals surface area contributed by atoms with E-state index in [9.17, 15) is 22.8 Å². The summed E-state index contributed by atoms with van der Waals surface area (Å²) in [5, 5.41) is 6.31. The van der Waals surface area contributed by atoms with Gasteiger partial charge in [-0.25, -0.2) is 0 Å². The number of nitrogens with zero attached hydrogens (tertiary/aromatic N) is 2. The topological polar surface area (TPSA) is 74.3 Å². The van der Waals surface area contributed by atoms with Crippen LogP contribution >= 0.6 is 15.9 Å². The predicted octanol–water partition coefficient (Wildman–Crippen LogP) is 8.08.